The lowest BCUT2D eigenvalue weighted by atomic mass is 9.49. The normalized spacial score (nSPS) is 34.1. The minimum atomic E-state index is -0.664. The Labute approximate surface area is 143 Å². The average molecular weight is 348 g/mol. The van der Waals surface area contributed by atoms with Crippen molar-refractivity contribution >= 4 is 11.8 Å². The second-order valence-electron chi connectivity index (χ2n) is 7.79. The third-order valence-electron chi connectivity index (χ3n) is 6.06. The van der Waals surface area contributed by atoms with E-state index in [2.05, 4.69) is 10.2 Å². The minimum Gasteiger partial charge on any atom is -0.415 e. The molecule has 4 fully saturated rings. The maximum Gasteiger partial charge on any atom is 0.519 e. The zero-order valence-electron chi connectivity index (χ0n) is 13.6. The molecule has 0 aliphatic heterocycles. The first-order chi connectivity index (χ1) is 11.6. The molecule has 4 bridgehead atoms. The van der Waals surface area contributed by atoms with Crippen molar-refractivity contribution in [3.8, 4) is 0 Å². The zero-order valence-corrected chi connectivity index (χ0v) is 14.4. The fourth-order valence-electron chi connectivity index (χ4n) is 5.49. The lowest BCUT2D eigenvalue weighted by Crippen LogP contribution is -2.48. The summed E-state index contributed by atoms with van der Waals surface area (Å²) in [6.07, 6.45) is 7.82. The van der Waals surface area contributed by atoms with Crippen LogP contribution in [-0.2, 0) is 11.2 Å². The molecule has 6 nitrogen and oxygen atoms in total. The topological polar surface area (TPSA) is 82.3 Å². The van der Waals surface area contributed by atoms with Gasteiger partial charge in [0.15, 0.2) is 5.76 Å². The van der Waals surface area contributed by atoms with Crippen LogP contribution in [0.15, 0.2) is 23.3 Å². The summed E-state index contributed by atoms with van der Waals surface area (Å²) in [5, 5.41) is 9.16. The molecular weight excluding hydrogens is 328 g/mol. The molecule has 4 aliphatic carbocycles. The maximum atomic E-state index is 11.1. The summed E-state index contributed by atoms with van der Waals surface area (Å²) < 4.78 is 15.9. The van der Waals surface area contributed by atoms with Gasteiger partial charge in [-0.1, -0.05) is 11.8 Å². The second kappa shape index (κ2) is 5.25. The molecule has 0 saturated heterocycles. The van der Waals surface area contributed by atoms with Crippen LogP contribution in [0.5, 0.6) is 0 Å². The molecule has 0 atom stereocenters. The third kappa shape index (κ3) is 2.36. The van der Waals surface area contributed by atoms with Gasteiger partial charge < -0.3 is 13.3 Å². The highest BCUT2D eigenvalue weighted by Crippen LogP contribution is 2.60. The number of thioether (sulfide) groups is 1. The molecule has 24 heavy (non-hydrogen) atoms. The van der Waals surface area contributed by atoms with Crippen LogP contribution in [0.1, 0.15) is 55.9 Å². The molecular formula is C17H20N2O4S. The first-order valence-corrected chi connectivity index (χ1v) is 9.64. The first-order valence-electron chi connectivity index (χ1n) is 8.66. The molecule has 7 heteroatoms. The third-order valence-corrected chi connectivity index (χ3v) is 6.88. The zero-order chi connectivity index (χ0) is 16.3. The number of nitrogens with zero attached hydrogens (tertiary/aromatic N) is 2. The standard InChI is InChI=1S/C17H20N2O4S/c1-9-13(22-16(20)21-9)8-24-15-19-18-14(23-15)17-5-10-2-11(6-17)4-12(3-10)7-17/h10-12H,2-8H2,1H3. The van der Waals surface area contributed by atoms with Crippen molar-refractivity contribution < 1.29 is 13.3 Å². The van der Waals surface area contributed by atoms with Crippen LogP contribution in [0, 0.1) is 24.7 Å². The molecule has 4 saturated carbocycles. The van der Waals surface area contributed by atoms with Gasteiger partial charge in [-0.05, 0) is 63.2 Å². The molecule has 0 spiro atoms. The van der Waals surface area contributed by atoms with E-state index >= 15 is 0 Å². The molecule has 0 amide bonds. The highest BCUT2D eigenvalue weighted by molar-refractivity contribution is 7.98. The Bertz CT molecular complexity index is 785. The molecule has 2 aromatic heterocycles. The highest BCUT2D eigenvalue weighted by Gasteiger charge is 2.54. The molecule has 4 aliphatic rings. The summed E-state index contributed by atoms with van der Waals surface area (Å²) in [5.41, 5.74) is 0.124. The van der Waals surface area contributed by atoms with E-state index in [1.807, 2.05) is 0 Å². The largest absolute Gasteiger partial charge is 0.519 e. The molecule has 0 aromatic carbocycles. The highest BCUT2D eigenvalue weighted by atomic mass is 32.2. The molecule has 128 valence electrons. The van der Waals surface area contributed by atoms with Crippen molar-refractivity contribution in [3.63, 3.8) is 0 Å². The summed E-state index contributed by atoms with van der Waals surface area (Å²) in [6.45, 7) is 1.72. The van der Waals surface area contributed by atoms with Gasteiger partial charge in [0.2, 0.25) is 5.89 Å². The number of rotatable bonds is 4. The molecule has 2 aromatic rings. The average Bonchev–Trinajstić information content (AvgIpc) is 3.10. The van der Waals surface area contributed by atoms with Gasteiger partial charge in [-0.3, -0.25) is 0 Å². The van der Waals surface area contributed by atoms with E-state index in [0.29, 0.717) is 22.5 Å². The van der Waals surface area contributed by atoms with Crippen molar-refractivity contribution in [2.45, 2.75) is 61.8 Å². The fourth-order valence-corrected chi connectivity index (χ4v) is 6.24. The van der Waals surface area contributed by atoms with Crippen molar-refractivity contribution in [2.75, 3.05) is 0 Å². The van der Waals surface area contributed by atoms with Gasteiger partial charge in [-0.2, -0.15) is 0 Å². The molecule has 0 unspecified atom stereocenters. The van der Waals surface area contributed by atoms with Gasteiger partial charge in [0.05, 0.1) is 5.75 Å². The summed E-state index contributed by atoms with van der Waals surface area (Å²) in [7, 11) is 0. The van der Waals surface area contributed by atoms with E-state index in [0.717, 1.165) is 23.6 Å². The monoisotopic (exact) mass is 348 g/mol. The van der Waals surface area contributed by atoms with Gasteiger partial charge in [0.1, 0.15) is 5.76 Å². The van der Waals surface area contributed by atoms with Gasteiger partial charge in [-0.25, -0.2) is 4.79 Å². The molecule has 0 N–H and O–H groups in total. The van der Waals surface area contributed by atoms with Crippen LogP contribution < -0.4 is 5.82 Å². The van der Waals surface area contributed by atoms with Crippen LogP contribution >= 0.6 is 11.8 Å². The predicted molar refractivity (Wildman–Crippen MR) is 85.7 cm³/mol. The Morgan fingerprint density at radius 2 is 1.71 bits per heavy atom. The van der Waals surface area contributed by atoms with E-state index in [-0.39, 0.29) is 5.41 Å². The van der Waals surface area contributed by atoms with Gasteiger partial charge in [0.25, 0.3) is 5.22 Å². The SMILES string of the molecule is Cc1oc(=O)oc1CSc1nnc(C23CC4CC(CC(C4)C2)C3)o1. The van der Waals surface area contributed by atoms with Crippen LogP contribution in [0.4, 0.5) is 0 Å². The number of aryl methyl sites for hydroxylation is 1. The van der Waals surface area contributed by atoms with E-state index in [4.69, 9.17) is 13.3 Å². The summed E-state index contributed by atoms with van der Waals surface area (Å²) in [6, 6.07) is 0. The minimum absolute atomic E-state index is 0.124. The number of hydrogen-bond donors (Lipinski definition) is 0. The van der Waals surface area contributed by atoms with Gasteiger partial charge in [0, 0.05) is 5.41 Å². The van der Waals surface area contributed by atoms with E-state index in [1.165, 1.54) is 50.3 Å². The Hall–Kier alpha value is -1.50. The van der Waals surface area contributed by atoms with Crippen LogP contribution in [0.25, 0.3) is 0 Å². The maximum absolute atomic E-state index is 11.1. The van der Waals surface area contributed by atoms with Crippen molar-refractivity contribution in [2.24, 2.45) is 17.8 Å². The summed E-state index contributed by atoms with van der Waals surface area (Å²) in [5.74, 6) is 4.21. The van der Waals surface area contributed by atoms with Crippen molar-refractivity contribution in [1.29, 1.82) is 0 Å². The van der Waals surface area contributed by atoms with Crippen LogP contribution in [0.3, 0.4) is 0 Å². The predicted octanol–water partition coefficient (Wildman–Crippen LogP) is 3.68. The quantitative estimate of drug-likeness (QED) is 0.779. The van der Waals surface area contributed by atoms with E-state index in [1.54, 1.807) is 6.92 Å². The smallest absolute Gasteiger partial charge is 0.415 e. The van der Waals surface area contributed by atoms with Crippen molar-refractivity contribution in [1.82, 2.24) is 10.2 Å². The summed E-state index contributed by atoms with van der Waals surface area (Å²) in [4.78, 5) is 11.1. The summed E-state index contributed by atoms with van der Waals surface area (Å²) >= 11 is 1.39. The van der Waals surface area contributed by atoms with Crippen molar-refractivity contribution in [3.05, 3.63) is 28.0 Å². The van der Waals surface area contributed by atoms with E-state index < -0.39 is 5.82 Å². The Balaban J connectivity index is 1.34. The van der Waals surface area contributed by atoms with Gasteiger partial charge >= 0.3 is 5.82 Å². The Kier molecular flexibility index (Phi) is 3.24. The molecule has 6 rings (SSSR count). The Morgan fingerprint density at radius 3 is 2.29 bits per heavy atom. The number of aromatic nitrogens is 2. The van der Waals surface area contributed by atoms with Crippen LogP contribution in [0.2, 0.25) is 0 Å². The molecule has 0 radical (unpaired) electrons. The van der Waals surface area contributed by atoms with Crippen LogP contribution in [-0.4, -0.2) is 10.2 Å². The Morgan fingerprint density at radius 1 is 1.04 bits per heavy atom. The van der Waals surface area contributed by atoms with Gasteiger partial charge in [-0.15, -0.1) is 10.2 Å². The molecule has 2 heterocycles. The first kappa shape index (κ1) is 14.8. The number of hydrogen-bond acceptors (Lipinski definition) is 7. The second-order valence-corrected chi connectivity index (χ2v) is 8.72. The fraction of sp³-hybridized carbons (Fsp3) is 0.706. The van der Waals surface area contributed by atoms with E-state index in [9.17, 15) is 4.79 Å². The lowest BCUT2D eigenvalue weighted by molar-refractivity contribution is -0.0191. The lowest BCUT2D eigenvalue weighted by Gasteiger charge is -2.55.